The Labute approximate surface area is 327 Å². The molecule has 0 aliphatic carbocycles. The highest BCUT2D eigenvalue weighted by Gasteiger charge is 2.19. The highest BCUT2D eigenvalue weighted by Crippen LogP contribution is 2.44. The number of para-hydroxylation sites is 3. The van der Waals surface area contributed by atoms with Crippen LogP contribution in [0.25, 0.3) is 104 Å². The third-order valence-corrected chi connectivity index (χ3v) is 11.9. The molecule has 0 amide bonds. The van der Waals surface area contributed by atoms with Gasteiger partial charge in [0, 0.05) is 58.8 Å². The molecule has 0 N–H and O–H groups in total. The van der Waals surface area contributed by atoms with Crippen LogP contribution in [0, 0.1) is 0 Å². The molecule has 8 aromatic carbocycles. The van der Waals surface area contributed by atoms with Gasteiger partial charge >= 0.3 is 0 Å². The van der Waals surface area contributed by atoms with Crippen molar-refractivity contribution in [3.63, 3.8) is 0 Å². The van der Waals surface area contributed by atoms with Gasteiger partial charge in [0.05, 0.1) is 16.7 Å². The maximum Gasteiger partial charge on any atom is 0.164 e. The maximum atomic E-state index is 5.13. The smallest absolute Gasteiger partial charge is 0.164 e. The Balaban J connectivity index is 1.06. The van der Waals surface area contributed by atoms with Crippen molar-refractivity contribution in [1.29, 1.82) is 0 Å². The summed E-state index contributed by atoms with van der Waals surface area (Å²) in [6, 6.07) is 68.6. The van der Waals surface area contributed by atoms with Crippen LogP contribution in [0.15, 0.2) is 194 Å². The molecule has 56 heavy (non-hydrogen) atoms. The molecule has 0 fully saturated rings. The van der Waals surface area contributed by atoms with Crippen molar-refractivity contribution in [2.75, 3.05) is 0 Å². The van der Waals surface area contributed by atoms with E-state index < -0.39 is 0 Å². The van der Waals surface area contributed by atoms with Gasteiger partial charge < -0.3 is 4.57 Å². The van der Waals surface area contributed by atoms with Gasteiger partial charge in [-0.15, -0.1) is 11.3 Å². The van der Waals surface area contributed by atoms with E-state index >= 15 is 0 Å². The summed E-state index contributed by atoms with van der Waals surface area (Å²) in [5, 5.41) is 4.97. The molecule has 262 valence electrons. The van der Waals surface area contributed by atoms with Crippen LogP contribution in [0.5, 0.6) is 0 Å². The van der Waals surface area contributed by atoms with Crippen molar-refractivity contribution in [1.82, 2.24) is 19.5 Å². The number of fused-ring (bicyclic) bond motifs is 6. The lowest BCUT2D eigenvalue weighted by molar-refractivity contribution is 1.07. The van der Waals surface area contributed by atoms with E-state index in [-0.39, 0.29) is 0 Å². The molecule has 0 saturated carbocycles. The number of rotatable bonds is 6. The molecular formula is C51H32N4S. The summed E-state index contributed by atoms with van der Waals surface area (Å²) >= 11 is 1.83. The zero-order chi connectivity index (χ0) is 37.0. The second kappa shape index (κ2) is 13.3. The van der Waals surface area contributed by atoms with Crippen LogP contribution in [0.2, 0.25) is 0 Å². The Morgan fingerprint density at radius 3 is 1.59 bits per heavy atom. The van der Waals surface area contributed by atoms with Crippen LogP contribution in [0.3, 0.4) is 0 Å². The minimum absolute atomic E-state index is 0.645. The van der Waals surface area contributed by atoms with Crippen LogP contribution in [0.4, 0.5) is 0 Å². The Kier molecular flexibility index (Phi) is 7.64. The first-order chi connectivity index (χ1) is 27.8. The fourth-order valence-corrected chi connectivity index (χ4v) is 9.32. The lowest BCUT2D eigenvalue weighted by Crippen LogP contribution is -2.00. The summed E-state index contributed by atoms with van der Waals surface area (Å²) < 4.78 is 4.86. The van der Waals surface area contributed by atoms with Crippen LogP contribution >= 0.6 is 11.3 Å². The number of hydrogen-bond donors (Lipinski definition) is 0. The van der Waals surface area contributed by atoms with Crippen LogP contribution in [-0.4, -0.2) is 19.5 Å². The van der Waals surface area contributed by atoms with E-state index in [2.05, 4.69) is 174 Å². The molecule has 0 bridgehead atoms. The van der Waals surface area contributed by atoms with Crippen LogP contribution < -0.4 is 0 Å². The standard InChI is InChI=1S/C51H32N4S/c1-3-15-33(16-4-1)35-19-13-20-36(31-35)50-52-49(34-17-5-2-6-18-34)53-51(54-50)37-29-30-41-43-25-14-24-42(48(43)56-47(41)32-37)40-23-9-12-28-46(40)55-44-26-10-7-21-38(44)39-22-8-11-27-45(39)55/h1-32H. The van der Waals surface area contributed by atoms with Gasteiger partial charge in [-0.05, 0) is 41.5 Å². The Bertz CT molecular complexity index is 3200. The molecule has 5 heteroatoms. The third kappa shape index (κ3) is 5.40. The molecule has 4 nitrogen and oxygen atoms in total. The predicted octanol–water partition coefficient (Wildman–Crippen LogP) is 13.7. The lowest BCUT2D eigenvalue weighted by Gasteiger charge is -2.14. The molecule has 3 aromatic heterocycles. The van der Waals surface area contributed by atoms with E-state index in [1.165, 1.54) is 53.1 Å². The van der Waals surface area contributed by atoms with Gasteiger partial charge in [0.2, 0.25) is 0 Å². The molecule has 3 heterocycles. The summed E-state index contributed by atoms with van der Waals surface area (Å²) in [5.74, 6) is 1.94. The Hall–Kier alpha value is -7.21. The second-order valence-electron chi connectivity index (χ2n) is 14.0. The van der Waals surface area contributed by atoms with Crippen molar-refractivity contribution < 1.29 is 0 Å². The van der Waals surface area contributed by atoms with E-state index in [1.807, 2.05) is 35.6 Å². The molecule has 11 aromatic rings. The predicted molar refractivity (Wildman–Crippen MR) is 234 cm³/mol. The second-order valence-corrected chi connectivity index (χ2v) is 15.1. The third-order valence-electron chi connectivity index (χ3n) is 10.7. The van der Waals surface area contributed by atoms with Gasteiger partial charge in [0.15, 0.2) is 17.5 Å². The molecular weight excluding hydrogens is 701 g/mol. The highest BCUT2D eigenvalue weighted by molar-refractivity contribution is 7.26. The summed E-state index contributed by atoms with van der Waals surface area (Å²) in [6.07, 6.45) is 0. The summed E-state index contributed by atoms with van der Waals surface area (Å²) in [7, 11) is 0. The first-order valence-corrected chi connectivity index (χ1v) is 19.6. The molecule has 0 unspecified atom stereocenters. The summed E-state index contributed by atoms with van der Waals surface area (Å²) in [4.78, 5) is 15.2. The molecule has 0 atom stereocenters. The van der Waals surface area contributed by atoms with E-state index in [4.69, 9.17) is 15.0 Å². The van der Waals surface area contributed by atoms with Crippen LogP contribution in [0.1, 0.15) is 0 Å². The van der Waals surface area contributed by atoms with Crippen molar-refractivity contribution >= 4 is 53.3 Å². The molecule has 0 radical (unpaired) electrons. The molecule has 11 rings (SSSR count). The van der Waals surface area contributed by atoms with Gasteiger partial charge in [-0.1, -0.05) is 164 Å². The van der Waals surface area contributed by atoms with Crippen LogP contribution in [-0.2, 0) is 0 Å². The van der Waals surface area contributed by atoms with Crippen molar-refractivity contribution in [2.45, 2.75) is 0 Å². The van der Waals surface area contributed by atoms with E-state index in [0.29, 0.717) is 17.5 Å². The van der Waals surface area contributed by atoms with Gasteiger partial charge in [-0.2, -0.15) is 0 Å². The SMILES string of the molecule is c1ccc(-c2cccc(-c3nc(-c4ccccc4)nc(-c4ccc5c(c4)sc4c(-c6ccccc6-n6c7ccccc7c7ccccc76)cccc45)n3)c2)cc1. The normalized spacial score (nSPS) is 11.6. The van der Waals surface area contributed by atoms with E-state index in [9.17, 15) is 0 Å². The van der Waals surface area contributed by atoms with Gasteiger partial charge in [-0.25, -0.2) is 15.0 Å². The monoisotopic (exact) mass is 732 g/mol. The summed E-state index contributed by atoms with van der Waals surface area (Å²) in [6.45, 7) is 0. The molecule has 0 aliphatic rings. The zero-order valence-electron chi connectivity index (χ0n) is 30.2. The van der Waals surface area contributed by atoms with Crippen molar-refractivity contribution in [3.05, 3.63) is 194 Å². The minimum atomic E-state index is 0.645. The topological polar surface area (TPSA) is 43.6 Å². The number of aromatic nitrogens is 4. The quantitative estimate of drug-likeness (QED) is 0.171. The number of hydrogen-bond acceptors (Lipinski definition) is 4. The average Bonchev–Trinajstić information content (AvgIpc) is 3.82. The van der Waals surface area contributed by atoms with E-state index in [0.717, 1.165) is 33.5 Å². The molecule has 0 saturated heterocycles. The Morgan fingerprint density at radius 2 is 0.857 bits per heavy atom. The lowest BCUT2D eigenvalue weighted by atomic mass is 10.0. The first kappa shape index (κ1) is 32.2. The first-order valence-electron chi connectivity index (χ1n) is 18.8. The van der Waals surface area contributed by atoms with Crippen molar-refractivity contribution in [3.8, 4) is 62.1 Å². The fourth-order valence-electron chi connectivity index (χ4n) is 8.05. The minimum Gasteiger partial charge on any atom is -0.309 e. The number of nitrogens with zero attached hydrogens (tertiary/aromatic N) is 4. The molecule has 0 aliphatic heterocycles. The van der Waals surface area contributed by atoms with E-state index in [1.54, 1.807) is 0 Å². The highest BCUT2D eigenvalue weighted by atomic mass is 32.1. The molecule has 0 spiro atoms. The number of benzene rings is 8. The largest absolute Gasteiger partial charge is 0.309 e. The zero-order valence-corrected chi connectivity index (χ0v) is 31.0. The number of thiophene rings is 1. The van der Waals surface area contributed by atoms with Gasteiger partial charge in [-0.3, -0.25) is 0 Å². The maximum absolute atomic E-state index is 5.13. The van der Waals surface area contributed by atoms with Gasteiger partial charge in [0.1, 0.15) is 0 Å². The summed E-state index contributed by atoms with van der Waals surface area (Å²) in [5.41, 5.74) is 11.1. The fraction of sp³-hybridized carbons (Fsp3) is 0. The van der Waals surface area contributed by atoms with Crippen molar-refractivity contribution in [2.24, 2.45) is 0 Å². The average molecular weight is 733 g/mol. The Morgan fingerprint density at radius 1 is 0.339 bits per heavy atom. The van der Waals surface area contributed by atoms with Gasteiger partial charge in [0.25, 0.3) is 0 Å².